The van der Waals surface area contributed by atoms with E-state index in [-0.39, 0.29) is 11.7 Å². The lowest BCUT2D eigenvalue weighted by Crippen LogP contribution is -2.19. The molecular formula is C14H21ClO4S. The van der Waals surface area contributed by atoms with Crippen molar-refractivity contribution in [1.82, 2.24) is 0 Å². The summed E-state index contributed by atoms with van der Waals surface area (Å²) < 4.78 is 32.7. The van der Waals surface area contributed by atoms with Crippen LogP contribution < -0.4 is 4.74 Å². The van der Waals surface area contributed by atoms with Crippen LogP contribution in [0.15, 0.2) is 24.3 Å². The first-order chi connectivity index (χ1) is 9.44. The molecular weight excluding hydrogens is 300 g/mol. The third-order valence-electron chi connectivity index (χ3n) is 3.02. The highest BCUT2D eigenvalue weighted by Crippen LogP contribution is 2.16. The van der Waals surface area contributed by atoms with Crippen molar-refractivity contribution in [3.63, 3.8) is 0 Å². The molecule has 1 unspecified atom stereocenters. The van der Waals surface area contributed by atoms with Crippen molar-refractivity contribution >= 4 is 19.7 Å². The third kappa shape index (κ3) is 7.12. The fraction of sp³-hybridized carbons (Fsp3) is 0.571. The van der Waals surface area contributed by atoms with Crippen LogP contribution in [0.2, 0.25) is 0 Å². The molecule has 0 heterocycles. The van der Waals surface area contributed by atoms with Gasteiger partial charge in [0.15, 0.2) is 0 Å². The van der Waals surface area contributed by atoms with Crippen molar-refractivity contribution in [2.24, 2.45) is 5.92 Å². The molecule has 20 heavy (non-hydrogen) atoms. The summed E-state index contributed by atoms with van der Waals surface area (Å²) in [6.45, 7) is 2.95. The monoisotopic (exact) mass is 320 g/mol. The molecule has 0 saturated carbocycles. The summed E-state index contributed by atoms with van der Waals surface area (Å²) in [5.41, 5.74) is 1.18. The van der Waals surface area contributed by atoms with Crippen LogP contribution >= 0.6 is 10.7 Å². The minimum Gasteiger partial charge on any atom is -0.493 e. The Bertz CT molecular complexity index is 484. The van der Waals surface area contributed by atoms with Crippen LogP contribution in [0, 0.1) is 5.92 Å². The molecule has 1 aromatic carbocycles. The molecule has 4 nitrogen and oxygen atoms in total. The smallest absolute Gasteiger partial charge is 0.232 e. The van der Waals surface area contributed by atoms with Crippen LogP contribution in [0.1, 0.15) is 18.9 Å². The van der Waals surface area contributed by atoms with Gasteiger partial charge in [0, 0.05) is 23.7 Å². The molecule has 0 aliphatic heterocycles. The van der Waals surface area contributed by atoms with Gasteiger partial charge in [0.25, 0.3) is 0 Å². The summed E-state index contributed by atoms with van der Waals surface area (Å²) in [7, 11) is 3.46. The second kappa shape index (κ2) is 8.49. The molecule has 0 bridgehead atoms. The van der Waals surface area contributed by atoms with Gasteiger partial charge in [-0.2, -0.15) is 0 Å². The zero-order valence-corrected chi connectivity index (χ0v) is 13.4. The maximum atomic E-state index is 11.1. The number of rotatable bonds is 9. The zero-order chi connectivity index (χ0) is 15.0. The highest BCUT2D eigenvalue weighted by atomic mass is 35.7. The van der Waals surface area contributed by atoms with Gasteiger partial charge in [0.2, 0.25) is 9.05 Å². The number of halogens is 1. The van der Waals surface area contributed by atoms with Crippen LogP contribution in [-0.4, -0.2) is 34.5 Å². The average molecular weight is 321 g/mol. The second-order valence-electron chi connectivity index (χ2n) is 4.68. The van der Waals surface area contributed by atoms with Crippen LogP contribution in [0.25, 0.3) is 0 Å². The van der Waals surface area contributed by atoms with E-state index in [1.54, 1.807) is 7.11 Å². The third-order valence-corrected chi connectivity index (χ3v) is 4.26. The van der Waals surface area contributed by atoms with E-state index >= 15 is 0 Å². The number of ether oxygens (including phenoxy) is 2. The molecule has 114 valence electrons. The molecule has 1 atom stereocenters. The van der Waals surface area contributed by atoms with Crippen molar-refractivity contribution in [1.29, 1.82) is 0 Å². The van der Waals surface area contributed by atoms with Crippen molar-refractivity contribution in [2.45, 2.75) is 19.8 Å². The van der Waals surface area contributed by atoms with Gasteiger partial charge >= 0.3 is 0 Å². The Morgan fingerprint density at radius 2 is 1.90 bits per heavy atom. The molecule has 0 N–H and O–H groups in total. The first-order valence-electron chi connectivity index (χ1n) is 6.57. The van der Waals surface area contributed by atoms with Gasteiger partial charge < -0.3 is 9.47 Å². The summed E-state index contributed by atoms with van der Waals surface area (Å²) in [4.78, 5) is 0. The summed E-state index contributed by atoms with van der Waals surface area (Å²) in [5, 5.41) is 0. The molecule has 0 aliphatic carbocycles. The predicted molar refractivity (Wildman–Crippen MR) is 80.9 cm³/mol. The summed E-state index contributed by atoms with van der Waals surface area (Å²) in [5.74, 6) is 0.582. The standard InChI is InChI=1S/C14H21ClO4S/c1-3-12(11-20(15,16)17)10-19-14-6-4-13(5-7-14)8-9-18-2/h4-7,12H,3,8-11H2,1-2H3. The maximum absolute atomic E-state index is 11.1. The Labute approximate surface area is 125 Å². The van der Waals surface area contributed by atoms with Crippen LogP contribution in [-0.2, 0) is 20.2 Å². The van der Waals surface area contributed by atoms with Gasteiger partial charge in [-0.3, -0.25) is 0 Å². The van der Waals surface area contributed by atoms with Gasteiger partial charge in [0.05, 0.1) is 19.0 Å². The summed E-state index contributed by atoms with van der Waals surface area (Å²) in [6.07, 6.45) is 1.57. The Balaban J connectivity index is 2.47. The van der Waals surface area contributed by atoms with Crippen LogP contribution in [0.4, 0.5) is 0 Å². The SMILES string of the molecule is CCC(COc1ccc(CCOC)cc1)CS(=O)(=O)Cl. The molecule has 0 saturated heterocycles. The fourth-order valence-corrected chi connectivity index (χ4v) is 3.18. The van der Waals surface area contributed by atoms with E-state index in [0.717, 1.165) is 12.2 Å². The maximum Gasteiger partial charge on any atom is 0.232 e. The van der Waals surface area contributed by atoms with Crippen molar-refractivity contribution in [2.75, 3.05) is 26.1 Å². The van der Waals surface area contributed by atoms with Gasteiger partial charge in [0.1, 0.15) is 5.75 Å². The lowest BCUT2D eigenvalue weighted by atomic mass is 10.1. The van der Waals surface area contributed by atoms with Crippen molar-refractivity contribution in [3.8, 4) is 5.75 Å². The molecule has 6 heteroatoms. The zero-order valence-electron chi connectivity index (χ0n) is 11.8. The number of methoxy groups -OCH3 is 1. The van der Waals surface area contributed by atoms with Gasteiger partial charge in [-0.05, 0) is 30.5 Å². The molecule has 0 spiro atoms. The van der Waals surface area contributed by atoms with Crippen molar-refractivity contribution < 1.29 is 17.9 Å². The van der Waals surface area contributed by atoms with E-state index in [4.69, 9.17) is 20.2 Å². The van der Waals surface area contributed by atoms with Crippen molar-refractivity contribution in [3.05, 3.63) is 29.8 Å². The average Bonchev–Trinajstić information content (AvgIpc) is 2.41. The minimum absolute atomic E-state index is 0.0586. The molecule has 1 rings (SSSR count). The minimum atomic E-state index is -3.48. The van der Waals surface area contributed by atoms with Gasteiger partial charge in [-0.25, -0.2) is 8.42 Å². The first-order valence-corrected chi connectivity index (χ1v) is 9.05. The van der Waals surface area contributed by atoms with E-state index in [9.17, 15) is 8.42 Å². The second-order valence-corrected chi connectivity index (χ2v) is 7.50. The summed E-state index contributed by atoms with van der Waals surface area (Å²) in [6, 6.07) is 7.72. The van der Waals surface area contributed by atoms with Crippen LogP contribution in [0.5, 0.6) is 5.75 Å². The lowest BCUT2D eigenvalue weighted by Gasteiger charge is -2.14. The fourth-order valence-electron chi connectivity index (χ4n) is 1.75. The van der Waals surface area contributed by atoms with E-state index in [0.29, 0.717) is 19.6 Å². The van der Waals surface area contributed by atoms with Gasteiger partial charge in [-0.15, -0.1) is 0 Å². The Morgan fingerprint density at radius 1 is 1.25 bits per heavy atom. The van der Waals surface area contributed by atoms with Gasteiger partial charge in [-0.1, -0.05) is 19.1 Å². The molecule has 0 fully saturated rings. The highest BCUT2D eigenvalue weighted by Gasteiger charge is 2.16. The van der Waals surface area contributed by atoms with E-state index < -0.39 is 9.05 Å². The molecule has 0 aliphatic rings. The van der Waals surface area contributed by atoms with E-state index in [2.05, 4.69) is 0 Å². The molecule has 0 amide bonds. The number of benzene rings is 1. The lowest BCUT2D eigenvalue weighted by molar-refractivity contribution is 0.202. The normalized spacial score (nSPS) is 13.2. The quantitative estimate of drug-likeness (QED) is 0.657. The Morgan fingerprint density at radius 3 is 2.40 bits per heavy atom. The predicted octanol–water partition coefficient (Wildman–Crippen LogP) is 2.85. The topological polar surface area (TPSA) is 52.6 Å². The first kappa shape index (κ1) is 17.3. The Kier molecular flexibility index (Phi) is 7.34. The van der Waals surface area contributed by atoms with Crippen LogP contribution in [0.3, 0.4) is 0 Å². The van der Waals surface area contributed by atoms with E-state index in [1.807, 2.05) is 31.2 Å². The molecule has 1 aromatic rings. The largest absolute Gasteiger partial charge is 0.493 e. The number of hydrogen-bond donors (Lipinski definition) is 0. The van der Waals surface area contributed by atoms with E-state index in [1.165, 1.54) is 5.56 Å². The Hall–Kier alpha value is -0.780. The highest BCUT2D eigenvalue weighted by molar-refractivity contribution is 8.13. The molecule has 0 radical (unpaired) electrons. The molecule has 0 aromatic heterocycles. The summed E-state index contributed by atoms with van der Waals surface area (Å²) >= 11 is 0. The number of hydrogen-bond acceptors (Lipinski definition) is 4.